The van der Waals surface area contributed by atoms with Gasteiger partial charge in [0.25, 0.3) is 0 Å². The van der Waals surface area contributed by atoms with Gasteiger partial charge in [-0.05, 0) is 31.9 Å². The van der Waals surface area contributed by atoms with E-state index < -0.39 is 11.6 Å². The fourth-order valence-electron chi connectivity index (χ4n) is 2.80. The summed E-state index contributed by atoms with van der Waals surface area (Å²) in [5, 5.41) is 13.9. The normalized spacial score (nSPS) is 19.8. The number of carbonyl (C=O) groups is 1. The molecule has 1 heterocycles. The molecule has 1 aromatic rings. The smallest absolute Gasteiger partial charge is 0.373 e. The van der Waals surface area contributed by atoms with Crippen molar-refractivity contribution in [3.05, 3.63) is 23.7 Å². The van der Waals surface area contributed by atoms with E-state index in [1.165, 1.54) is 20.0 Å². The molecule has 5 nitrogen and oxygen atoms in total. The number of nitrogens with one attached hydrogen (secondary N) is 1. The average molecular weight is 295 g/mol. The fourth-order valence-corrected chi connectivity index (χ4v) is 2.80. The first kappa shape index (κ1) is 16.0. The molecule has 118 valence electrons. The van der Waals surface area contributed by atoms with Crippen LogP contribution in [0.3, 0.4) is 0 Å². The molecule has 0 amide bonds. The second-order valence-corrected chi connectivity index (χ2v) is 5.93. The van der Waals surface area contributed by atoms with E-state index in [1.807, 2.05) is 6.92 Å². The van der Waals surface area contributed by atoms with E-state index in [9.17, 15) is 9.90 Å². The van der Waals surface area contributed by atoms with Crippen molar-refractivity contribution >= 4 is 5.97 Å². The van der Waals surface area contributed by atoms with Crippen molar-refractivity contribution in [1.29, 1.82) is 0 Å². The zero-order valence-corrected chi connectivity index (χ0v) is 12.9. The SMILES string of the molecule is COC(=O)c1ccc(C(C)NCC2(O)CCCCCC2)o1. The lowest BCUT2D eigenvalue weighted by Crippen LogP contribution is -2.41. The molecular weight excluding hydrogens is 270 g/mol. The summed E-state index contributed by atoms with van der Waals surface area (Å²) in [6, 6.07) is 3.32. The minimum atomic E-state index is -0.622. The van der Waals surface area contributed by atoms with Crippen LogP contribution in [0.5, 0.6) is 0 Å². The molecule has 0 bridgehead atoms. The minimum Gasteiger partial charge on any atom is -0.463 e. The zero-order chi connectivity index (χ0) is 15.3. The van der Waals surface area contributed by atoms with E-state index in [0.717, 1.165) is 25.7 Å². The Labute approximate surface area is 125 Å². The van der Waals surface area contributed by atoms with Gasteiger partial charge in [-0.25, -0.2) is 4.79 Å². The van der Waals surface area contributed by atoms with Crippen LogP contribution in [0.1, 0.15) is 67.8 Å². The number of rotatable bonds is 5. The van der Waals surface area contributed by atoms with Gasteiger partial charge >= 0.3 is 5.97 Å². The number of carbonyl (C=O) groups excluding carboxylic acids is 1. The van der Waals surface area contributed by atoms with E-state index in [1.54, 1.807) is 12.1 Å². The van der Waals surface area contributed by atoms with Crippen molar-refractivity contribution in [3.63, 3.8) is 0 Å². The summed E-state index contributed by atoms with van der Waals surface area (Å²) >= 11 is 0. The molecule has 0 aliphatic heterocycles. The van der Waals surface area contributed by atoms with Gasteiger partial charge in [-0.3, -0.25) is 0 Å². The van der Waals surface area contributed by atoms with Gasteiger partial charge in [0, 0.05) is 6.54 Å². The number of hydrogen-bond donors (Lipinski definition) is 2. The molecular formula is C16H25NO4. The standard InChI is InChI=1S/C16H25NO4/c1-12(13-7-8-14(21-13)15(18)20-2)17-11-16(19)9-5-3-4-6-10-16/h7-8,12,17,19H,3-6,9-11H2,1-2H3. The Balaban J connectivity index is 1.90. The first-order chi connectivity index (χ1) is 10.0. The molecule has 1 aromatic heterocycles. The van der Waals surface area contributed by atoms with Gasteiger partial charge in [0.15, 0.2) is 0 Å². The van der Waals surface area contributed by atoms with Gasteiger partial charge in [-0.15, -0.1) is 0 Å². The number of aliphatic hydroxyl groups is 1. The Kier molecular flexibility index (Phi) is 5.42. The van der Waals surface area contributed by atoms with Gasteiger partial charge in [-0.1, -0.05) is 25.7 Å². The summed E-state index contributed by atoms with van der Waals surface area (Å²) in [6.07, 6.45) is 6.27. The van der Waals surface area contributed by atoms with Crippen molar-refractivity contribution in [3.8, 4) is 0 Å². The summed E-state index contributed by atoms with van der Waals surface area (Å²) < 4.78 is 10.1. The van der Waals surface area contributed by atoms with Crippen LogP contribution in [0.4, 0.5) is 0 Å². The second kappa shape index (κ2) is 7.09. The molecule has 1 aliphatic rings. The van der Waals surface area contributed by atoms with E-state index in [0.29, 0.717) is 12.3 Å². The van der Waals surface area contributed by atoms with Crippen LogP contribution >= 0.6 is 0 Å². The summed E-state index contributed by atoms with van der Waals surface area (Å²) in [7, 11) is 1.33. The third kappa shape index (κ3) is 4.32. The van der Waals surface area contributed by atoms with Crippen molar-refractivity contribution in [2.75, 3.05) is 13.7 Å². The Morgan fingerprint density at radius 2 is 2.05 bits per heavy atom. The van der Waals surface area contributed by atoms with E-state index in [-0.39, 0.29) is 11.8 Å². The van der Waals surface area contributed by atoms with E-state index in [2.05, 4.69) is 10.1 Å². The Hall–Kier alpha value is -1.33. The van der Waals surface area contributed by atoms with Crippen LogP contribution in [-0.4, -0.2) is 30.3 Å². The maximum atomic E-state index is 11.4. The summed E-state index contributed by atoms with van der Waals surface area (Å²) in [5.74, 6) is 0.401. The highest BCUT2D eigenvalue weighted by Gasteiger charge is 2.28. The van der Waals surface area contributed by atoms with Gasteiger partial charge in [0.1, 0.15) is 5.76 Å². The van der Waals surface area contributed by atoms with Crippen LogP contribution < -0.4 is 5.32 Å². The van der Waals surface area contributed by atoms with Gasteiger partial charge in [0.05, 0.1) is 18.8 Å². The monoisotopic (exact) mass is 295 g/mol. The molecule has 0 spiro atoms. The summed E-state index contributed by atoms with van der Waals surface area (Å²) in [6.45, 7) is 2.50. The third-order valence-corrected chi connectivity index (χ3v) is 4.21. The Bertz CT molecular complexity index is 461. The Morgan fingerprint density at radius 3 is 2.67 bits per heavy atom. The number of furan rings is 1. The van der Waals surface area contributed by atoms with Gasteiger partial charge < -0.3 is 19.6 Å². The number of hydrogen-bond acceptors (Lipinski definition) is 5. The molecule has 1 fully saturated rings. The molecule has 0 aromatic carbocycles. The second-order valence-electron chi connectivity index (χ2n) is 5.93. The quantitative estimate of drug-likeness (QED) is 0.645. The van der Waals surface area contributed by atoms with Crippen molar-refractivity contribution in [2.45, 2.75) is 57.1 Å². The molecule has 1 unspecified atom stereocenters. The molecule has 5 heteroatoms. The van der Waals surface area contributed by atoms with E-state index >= 15 is 0 Å². The first-order valence-corrected chi connectivity index (χ1v) is 7.68. The van der Waals surface area contributed by atoms with Crippen LogP contribution in [-0.2, 0) is 4.74 Å². The third-order valence-electron chi connectivity index (χ3n) is 4.21. The lowest BCUT2D eigenvalue weighted by Gasteiger charge is -2.28. The number of esters is 1. The predicted molar refractivity (Wildman–Crippen MR) is 79.1 cm³/mol. The van der Waals surface area contributed by atoms with Crippen LogP contribution in [0.2, 0.25) is 0 Å². The highest BCUT2D eigenvalue weighted by atomic mass is 16.5. The molecule has 2 N–H and O–H groups in total. The minimum absolute atomic E-state index is 0.0596. The molecule has 1 aliphatic carbocycles. The van der Waals surface area contributed by atoms with Crippen molar-refractivity contribution < 1.29 is 19.1 Å². The highest BCUT2D eigenvalue weighted by molar-refractivity contribution is 5.86. The van der Waals surface area contributed by atoms with Gasteiger partial charge in [-0.2, -0.15) is 0 Å². The molecule has 2 rings (SSSR count). The lowest BCUT2D eigenvalue weighted by atomic mass is 9.94. The van der Waals surface area contributed by atoms with E-state index in [4.69, 9.17) is 4.42 Å². The maximum absolute atomic E-state index is 11.4. The van der Waals surface area contributed by atoms with Crippen molar-refractivity contribution in [2.24, 2.45) is 0 Å². The predicted octanol–water partition coefficient (Wildman–Crippen LogP) is 2.80. The Morgan fingerprint density at radius 1 is 1.38 bits per heavy atom. The number of ether oxygens (including phenoxy) is 1. The maximum Gasteiger partial charge on any atom is 0.373 e. The summed E-state index contributed by atoms with van der Waals surface area (Å²) in [5.41, 5.74) is -0.622. The van der Waals surface area contributed by atoms with Crippen LogP contribution in [0, 0.1) is 0 Å². The van der Waals surface area contributed by atoms with Gasteiger partial charge in [0.2, 0.25) is 5.76 Å². The van der Waals surface area contributed by atoms with Crippen LogP contribution in [0.15, 0.2) is 16.5 Å². The fraction of sp³-hybridized carbons (Fsp3) is 0.688. The van der Waals surface area contributed by atoms with Crippen LogP contribution in [0.25, 0.3) is 0 Å². The molecule has 1 saturated carbocycles. The number of methoxy groups -OCH3 is 1. The lowest BCUT2D eigenvalue weighted by molar-refractivity contribution is 0.0224. The average Bonchev–Trinajstić information content (AvgIpc) is 2.88. The zero-order valence-electron chi connectivity index (χ0n) is 12.9. The largest absolute Gasteiger partial charge is 0.463 e. The molecule has 1 atom stereocenters. The molecule has 0 saturated heterocycles. The first-order valence-electron chi connectivity index (χ1n) is 7.68. The van der Waals surface area contributed by atoms with Crippen molar-refractivity contribution in [1.82, 2.24) is 5.32 Å². The molecule has 21 heavy (non-hydrogen) atoms. The summed E-state index contributed by atoms with van der Waals surface area (Å²) in [4.78, 5) is 11.4. The topological polar surface area (TPSA) is 71.7 Å². The molecule has 0 radical (unpaired) electrons. The highest BCUT2D eigenvalue weighted by Crippen LogP contribution is 2.27.